The number of nitriles is 1. The molecule has 0 fully saturated rings. The van der Waals surface area contributed by atoms with Gasteiger partial charge in [0.1, 0.15) is 0 Å². The van der Waals surface area contributed by atoms with Crippen LogP contribution in [0.25, 0.3) is 0 Å². The molecule has 2 heteroatoms. The van der Waals surface area contributed by atoms with E-state index >= 15 is 0 Å². The Labute approximate surface area is 97.5 Å². The standard InChI is InChI=1S/C14H19NO/c1-9-6-10(2)12(11(3)7-9)13(16)14(4,5)8-15/h6-7,13,16H,1-5H3. The van der Waals surface area contributed by atoms with Crippen LogP contribution in [-0.2, 0) is 0 Å². The fraction of sp³-hybridized carbons (Fsp3) is 0.500. The van der Waals surface area contributed by atoms with Gasteiger partial charge in [-0.2, -0.15) is 5.26 Å². The molecule has 0 saturated heterocycles. The van der Waals surface area contributed by atoms with Gasteiger partial charge in [0.15, 0.2) is 0 Å². The Morgan fingerprint density at radius 1 is 1.19 bits per heavy atom. The number of hydrogen-bond acceptors (Lipinski definition) is 2. The third-order valence-corrected chi connectivity index (χ3v) is 2.98. The molecule has 0 heterocycles. The molecule has 1 atom stereocenters. The first-order valence-corrected chi connectivity index (χ1v) is 5.46. The van der Waals surface area contributed by atoms with Gasteiger partial charge < -0.3 is 5.11 Å². The molecular weight excluding hydrogens is 198 g/mol. The lowest BCUT2D eigenvalue weighted by Crippen LogP contribution is -2.21. The van der Waals surface area contributed by atoms with Crippen molar-refractivity contribution in [1.82, 2.24) is 0 Å². The second-order valence-electron chi connectivity index (χ2n) is 5.05. The van der Waals surface area contributed by atoms with Gasteiger partial charge in [-0.25, -0.2) is 0 Å². The molecule has 1 aromatic rings. The molecule has 16 heavy (non-hydrogen) atoms. The number of aliphatic hydroxyl groups excluding tert-OH is 1. The minimum atomic E-state index is -0.759. The van der Waals surface area contributed by atoms with E-state index in [1.54, 1.807) is 13.8 Å². The molecule has 1 N–H and O–H groups in total. The van der Waals surface area contributed by atoms with Crippen LogP contribution in [0.2, 0.25) is 0 Å². The lowest BCUT2D eigenvalue weighted by atomic mass is 9.80. The van der Waals surface area contributed by atoms with Crippen molar-refractivity contribution in [2.75, 3.05) is 0 Å². The Bertz CT molecular complexity index is 418. The predicted octanol–water partition coefficient (Wildman–Crippen LogP) is 3.20. The summed E-state index contributed by atoms with van der Waals surface area (Å²) in [6, 6.07) is 6.24. The number of hydrogen-bond donors (Lipinski definition) is 1. The molecule has 1 unspecified atom stereocenters. The normalized spacial score (nSPS) is 13.3. The fourth-order valence-corrected chi connectivity index (χ4v) is 2.04. The van der Waals surface area contributed by atoms with E-state index in [4.69, 9.17) is 5.26 Å². The SMILES string of the molecule is Cc1cc(C)c(C(O)C(C)(C)C#N)c(C)c1. The van der Waals surface area contributed by atoms with E-state index in [1.807, 2.05) is 32.9 Å². The van der Waals surface area contributed by atoms with Gasteiger partial charge in [0.2, 0.25) is 0 Å². The highest BCUT2D eigenvalue weighted by molar-refractivity contribution is 5.40. The van der Waals surface area contributed by atoms with Crippen LogP contribution in [0.3, 0.4) is 0 Å². The topological polar surface area (TPSA) is 44.0 Å². The summed E-state index contributed by atoms with van der Waals surface area (Å²) in [5, 5.41) is 19.3. The summed E-state index contributed by atoms with van der Waals surface area (Å²) >= 11 is 0. The fourth-order valence-electron chi connectivity index (χ4n) is 2.04. The molecule has 0 bridgehead atoms. The Morgan fingerprint density at radius 3 is 2.00 bits per heavy atom. The molecule has 0 radical (unpaired) electrons. The van der Waals surface area contributed by atoms with Crippen LogP contribution in [0.4, 0.5) is 0 Å². The van der Waals surface area contributed by atoms with E-state index in [2.05, 4.69) is 6.07 Å². The first-order chi connectivity index (χ1) is 7.29. The molecule has 0 amide bonds. The zero-order chi connectivity index (χ0) is 12.5. The second-order valence-corrected chi connectivity index (χ2v) is 5.05. The van der Waals surface area contributed by atoms with Crippen molar-refractivity contribution in [2.45, 2.75) is 40.7 Å². The lowest BCUT2D eigenvalue weighted by Gasteiger charge is -2.26. The van der Waals surface area contributed by atoms with Gasteiger partial charge >= 0.3 is 0 Å². The van der Waals surface area contributed by atoms with Gasteiger partial charge in [0.05, 0.1) is 17.6 Å². The van der Waals surface area contributed by atoms with Crippen molar-refractivity contribution >= 4 is 0 Å². The van der Waals surface area contributed by atoms with Crippen LogP contribution < -0.4 is 0 Å². The monoisotopic (exact) mass is 217 g/mol. The number of benzene rings is 1. The summed E-state index contributed by atoms with van der Waals surface area (Å²) in [7, 11) is 0. The maximum Gasteiger partial charge on any atom is 0.0975 e. The molecule has 0 aliphatic rings. The Morgan fingerprint density at radius 2 is 1.62 bits per heavy atom. The zero-order valence-corrected chi connectivity index (χ0v) is 10.6. The van der Waals surface area contributed by atoms with E-state index in [-0.39, 0.29) is 0 Å². The molecule has 86 valence electrons. The molecule has 0 aromatic heterocycles. The average molecular weight is 217 g/mol. The molecule has 0 aliphatic carbocycles. The molecule has 0 saturated carbocycles. The predicted molar refractivity (Wildman–Crippen MR) is 65.0 cm³/mol. The summed E-state index contributed by atoms with van der Waals surface area (Å²) in [4.78, 5) is 0. The molecular formula is C14H19NO. The van der Waals surface area contributed by atoms with Crippen LogP contribution in [0.1, 0.15) is 42.2 Å². The Hall–Kier alpha value is -1.33. The number of aliphatic hydroxyl groups is 1. The highest BCUT2D eigenvalue weighted by atomic mass is 16.3. The second kappa shape index (κ2) is 4.27. The number of nitrogens with zero attached hydrogens (tertiary/aromatic N) is 1. The third-order valence-electron chi connectivity index (χ3n) is 2.98. The van der Waals surface area contributed by atoms with Gasteiger partial charge in [0, 0.05) is 0 Å². The van der Waals surface area contributed by atoms with Crippen LogP contribution in [-0.4, -0.2) is 5.11 Å². The van der Waals surface area contributed by atoms with E-state index in [0.717, 1.165) is 16.7 Å². The summed E-state index contributed by atoms with van der Waals surface area (Å²) in [5.41, 5.74) is 3.41. The van der Waals surface area contributed by atoms with Crippen molar-refractivity contribution in [3.63, 3.8) is 0 Å². The summed E-state index contributed by atoms with van der Waals surface area (Å²) in [6.45, 7) is 9.51. The van der Waals surface area contributed by atoms with E-state index < -0.39 is 11.5 Å². The minimum Gasteiger partial charge on any atom is -0.387 e. The average Bonchev–Trinajstić information content (AvgIpc) is 2.15. The number of rotatable bonds is 2. The minimum absolute atomic E-state index is 0.738. The molecule has 2 nitrogen and oxygen atoms in total. The highest BCUT2D eigenvalue weighted by Gasteiger charge is 2.31. The molecule has 1 aromatic carbocycles. The molecule has 0 aliphatic heterocycles. The molecule has 1 rings (SSSR count). The van der Waals surface area contributed by atoms with Gasteiger partial charge in [-0.1, -0.05) is 17.7 Å². The summed E-state index contributed by atoms with van der Waals surface area (Å²) < 4.78 is 0. The van der Waals surface area contributed by atoms with Crippen LogP contribution in [0, 0.1) is 37.5 Å². The van der Waals surface area contributed by atoms with Gasteiger partial charge in [0.25, 0.3) is 0 Å². The first-order valence-electron chi connectivity index (χ1n) is 5.46. The summed E-state index contributed by atoms with van der Waals surface area (Å²) in [6.07, 6.45) is -0.738. The third kappa shape index (κ3) is 2.25. The van der Waals surface area contributed by atoms with Gasteiger partial charge in [-0.05, 0) is 51.3 Å². The van der Waals surface area contributed by atoms with Crippen molar-refractivity contribution in [2.24, 2.45) is 5.41 Å². The smallest absolute Gasteiger partial charge is 0.0975 e. The summed E-state index contributed by atoms with van der Waals surface area (Å²) in [5.74, 6) is 0. The van der Waals surface area contributed by atoms with Gasteiger partial charge in [-0.15, -0.1) is 0 Å². The van der Waals surface area contributed by atoms with Crippen molar-refractivity contribution in [1.29, 1.82) is 5.26 Å². The van der Waals surface area contributed by atoms with Gasteiger partial charge in [-0.3, -0.25) is 0 Å². The van der Waals surface area contributed by atoms with Crippen molar-refractivity contribution in [3.05, 3.63) is 34.4 Å². The van der Waals surface area contributed by atoms with E-state index in [1.165, 1.54) is 5.56 Å². The zero-order valence-electron chi connectivity index (χ0n) is 10.6. The maximum atomic E-state index is 10.3. The maximum absolute atomic E-state index is 10.3. The Kier molecular flexibility index (Phi) is 3.40. The van der Waals surface area contributed by atoms with Crippen LogP contribution >= 0.6 is 0 Å². The van der Waals surface area contributed by atoms with Crippen molar-refractivity contribution < 1.29 is 5.11 Å². The number of aryl methyl sites for hydroxylation is 3. The van der Waals surface area contributed by atoms with Crippen LogP contribution in [0.15, 0.2) is 12.1 Å². The molecule has 0 spiro atoms. The lowest BCUT2D eigenvalue weighted by molar-refractivity contribution is 0.0856. The quantitative estimate of drug-likeness (QED) is 0.826. The Balaban J connectivity index is 3.30. The first kappa shape index (κ1) is 12.7. The largest absolute Gasteiger partial charge is 0.387 e. The van der Waals surface area contributed by atoms with Crippen LogP contribution in [0.5, 0.6) is 0 Å². The van der Waals surface area contributed by atoms with Crippen molar-refractivity contribution in [3.8, 4) is 6.07 Å². The van der Waals surface area contributed by atoms with E-state index in [0.29, 0.717) is 0 Å². The van der Waals surface area contributed by atoms with E-state index in [9.17, 15) is 5.11 Å². The highest BCUT2D eigenvalue weighted by Crippen LogP contribution is 2.36.